The molecule has 28 heavy (non-hydrogen) atoms. The lowest BCUT2D eigenvalue weighted by Gasteiger charge is -2.34. The maximum Gasteiger partial charge on any atom is 0.234 e. The Bertz CT molecular complexity index is 781. The van der Waals surface area contributed by atoms with Gasteiger partial charge in [0.05, 0.1) is 6.54 Å². The van der Waals surface area contributed by atoms with E-state index in [1.165, 1.54) is 24.0 Å². The van der Waals surface area contributed by atoms with Crippen molar-refractivity contribution in [2.75, 3.05) is 39.3 Å². The van der Waals surface area contributed by atoms with Gasteiger partial charge in [0.1, 0.15) is 0 Å². The molecule has 2 aromatic carbocycles. The molecule has 2 fully saturated rings. The summed E-state index contributed by atoms with van der Waals surface area (Å²) in [5.41, 5.74) is 2.81. The monoisotopic (exact) mass is 397 g/mol. The number of nitrogens with zero attached hydrogens (tertiary/aromatic N) is 2. The topological polar surface area (TPSA) is 35.6 Å². The number of amides is 1. The Morgan fingerprint density at radius 3 is 2.21 bits per heavy atom. The maximum atomic E-state index is 12.4. The van der Waals surface area contributed by atoms with Crippen molar-refractivity contribution >= 4 is 17.5 Å². The first-order chi connectivity index (χ1) is 13.6. The van der Waals surface area contributed by atoms with Gasteiger partial charge >= 0.3 is 0 Å². The molecule has 4 nitrogen and oxygen atoms in total. The zero-order valence-corrected chi connectivity index (χ0v) is 17.0. The maximum absolute atomic E-state index is 12.4. The highest BCUT2D eigenvalue weighted by Crippen LogP contribution is 2.47. The van der Waals surface area contributed by atoms with Crippen LogP contribution < -0.4 is 5.32 Å². The van der Waals surface area contributed by atoms with E-state index < -0.39 is 0 Å². The van der Waals surface area contributed by atoms with Crippen LogP contribution in [0.15, 0.2) is 54.6 Å². The molecule has 1 amide bonds. The quantitative estimate of drug-likeness (QED) is 0.778. The van der Waals surface area contributed by atoms with Crippen LogP contribution in [0.1, 0.15) is 24.0 Å². The van der Waals surface area contributed by atoms with Gasteiger partial charge in [-0.15, -0.1) is 0 Å². The predicted octanol–water partition coefficient (Wildman–Crippen LogP) is 3.31. The fourth-order valence-corrected chi connectivity index (χ4v) is 4.12. The molecule has 0 aromatic heterocycles. The summed E-state index contributed by atoms with van der Waals surface area (Å²) in [7, 11) is 0. The van der Waals surface area contributed by atoms with Gasteiger partial charge < -0.3 is 5.32 Å². The molecule has 1 heterocycles. The number of hydrogen-bond donors (Lipinski definition) is 1. The summed E-state index contributed by atoms with van der Waals surface area (Å²) in [6, 6.07) is 18.6. The van der Waals surface area contributed by atoms with Crippen molar-refractivity contribution in [3.63, 3.8) is 0 Å². The molecule has 0 spiro atoms. The third-order valence-electron chi connectivity index (χ3n) is 6.02. The molecule has 0 unspecified atom stereocenters. The van der Waals surface area contributed by atoms with E-state index in [0.717, 1.165) is 44.3 Å². The minimum Gasteiger partial charge on any atom is -0.354 e. The van der Waals surface area contributed by atoms with Crippen LogP contribution in [0.5, 0.6) is 0 Å². The van der Waals surface area contributed by atoms with Crippen LogP contribution in [0.3, 0.4) is 0 Å². The Morgan fingerprint density at radius 1 is 0.929 bits per heavy atom. The van der Waals surface area contributed by atoms with Gasteiger partial charge in [-0.05, 0) is 36.1 Å². The summed E-state index contributed by atoms with van der Waals surface area (Å²) in [5.74, 6) is 0.147. The third kappa shape index (κ3) is 4.93. The molecule has 148 valence electrons. The first kappa shape index (κ1) is 19.4. The second kappa shape index (κ2) is 8.64. The van der Waals surface area contributed by atoms with Gasteiger partial charge in [0.15, 0.2) is 0 Å². The highest BCUT2D eigenvalue weighted by Gasteiger charge is 2.44. The lowest BCUT2D eigenvalue weighted by Crippen LogP contribution is -2.49. The summed E-state index contributed by atoms with van der Waals surface area (Å²) < 4.78 is 0. The van der Waals surface area contributed by atoms with Crippen molar-refractivity contribution in [2.45, 2.75) is 24.8 Å². The largest absolute Gasteiger partial charge is 0.354 e. The molecule has 2 aromatic rings. The molecule has 2 aliphatic rings. The highest BCUT2D eigenvalue weighted by atomic mass is 35.5. The summed E-state index contributed by atoms with van der Waals surface area (Å²) in [4.78, 5) is 17.1. The zero-order valence-electron chi connectivity index (χ0n) is 16.2. The van der Waals surface area contributed by atoms with Crippen LogP contribution in [0.2, 0.25) is 5.02 Å². The number of rotatable bonds is 7. The minimum atomic E-state index is 0.147. The molecule has 1 aliphatic carbocycles. The lowest BCUT2D eigenvalue weighted by atomic mass is 9.96. The van der Waals surface area contributed by atoms with E-state index in [2.05, 4.69) is 51.5 Å². The van der Waals surface area contributed by atoms with E-state index in [4.69, 9.17) is 11.6 Å². The van der Waals surface area contributed by atoms with Crippen molar-refractivity contribution in [3.8, 4) is 0 Å². The van der Waals surface area contributed by atoms with E-state index >= 15 is 0 Å². The van der Waals surface area contributed by atoms with Gasteiger partial charge in [-0.3, -0.25) is 14.6 Å². The molecular weight excluding hydrogens is 370 g/mol. The molecule has 1 saturated carbocycles. The smallest absolute Gasteiger partial charge is 0.234 e. The number of piperazine rings is 1. The Kier molecular flexibility index (Phi) is 6.00. The average molecular weight is 398 g/mol. The molecule has 5 heteroatoms. The highest BCUT2D eigenvalue weighted by molar-refractivity contribution is 6.30. The van der Waals surface area contributed by atoms with Gasteiger partial charge in [0.25, 0.3) is 0 Å². The van der Waals surface area contributed by atoms with Gasteiger partial charge in [0, 0.05) is 49.7 Å². The third-order valence-corrected chi connectivity index (χ3v) is 6.27. The number of halogens is 1. The number of nitrogens with one attached hydrogen (secondary N) is 1. The van der Waals surface area contributed by atoms with Crippen molar-refractivity contribution in [2.24, 2.45) is 0 Å². The molecule has 1 saturated heterocycles. The molecule has 4 rings (SSSR count). The predicted molar refractivity (Wildman–Crippen MR) is 114 cm³/mol. The number of benzene rings is 2. The second-order valence-corrected chi connectivity index (χ2v) is 8.54. The SMILES string of the molecule is O=C(CN1CCN(Cc2ccc(Cl)cc2)CC1)NCC1(c2ccccc2)CC1. The Morgan fingerprint density at radius 2 is 1.57 bits per heavy atom. The standard InChI is InChI=1S/C23H28ClN3O/c24-21-8-6-19(7-9-21)16-26-12-14-27(15-13-26)17-22(28)25-18-23(10-11-23)20-4-2-1-3-5-20/h1-9H,10-18H2,(H,25,28). The Hall–Kier alpha value is -1.88. The summed E-state index contributed by atoms with van der Waals surface area (Å²) >= 11 is 5.96. The first-order valence-corrected chi connectivity index (χ1v) is 10.5. The Balaban J connectivity index is 1.19. The summed E-state index contributed by atoms with van der Waals surface area (Å²) in [6.07, 6.45) is 2.33. The molecule has 0 radical (unpaired) electrons. The van der Waals surface area contributed by atoms with Crippen molar-refractivity contribution in [1.82, 2.24) is 15.1 Å². The molecule has 0 atom stereocenters. The van der Waals surface area contributed by atoms with Crippen LogP contribution in [0.4, 0.5) is 0 Å². The van der Waals surface area contributed by atoms with Crippen molar-refractivity contribution < 1.29 is 4.79 Å². The average Bonchev–Trinajstić information content (AvgIpc) is 3.52. The summed E-state index contributed by atoms with van der Waals surface area (Å²) in [5, 5.41) is 3.96. The normalized spacial score (nSPS) is 19.3. The van der Waals surface area contributed by atoms with Crippen LogP contribution in [0.25, 0.3) is 0 Å². The Labute approximate surface area is 172 Å². The van der Waals surface area contributed by atoms with E-state index in [0.29, 0.717) is 6.54 Å². The van der Waals surface area contributed by atoms with Crippen molar-refractivity contribution in [3.05, 3.63) is 70.7 Å². The van der Waals surface area contributed by atoms with E-state index in [1.54, 1.807) is 0 Å². The zero-order chi connectivity index (χ0) is 19.4. The van der Waals surface area contributed by atoms with Gasteiger partial charge in [0.2, 0.25) is 5.91 Å². The molecule has 0 bridgehead atoms. The summed E-state index contributed by atoms with van der Waals surface area (Å²) in [6.45, 7) is 6.05. The molecular formula is C23H28ClN3O. The first-order valence-electron chi connectivity index (χ1n) is 10.1. The van der Waals surface area contributed by atoms with Gasteiger partial charge in [-0.2, -0.15) is 0 Å². The van der Waals surface area contributed by atoms with E-state index in [1.807, 2.05) is 18.2 Å². The van der Waals surface area contributed by atoms with Crippen molar-refractivity contribution in [1.29, 1.82) is 0 Å². The van der Waals surface area contributed by atoms with Crippen LogP contribution in [0, 0.1) is 0 Å². The number of hydrogen-bond acceptors (Lipinski definition) is 3. The fraction of sp³-hybridized carbons (Fsp3) is 0.435. The van der Waals surface area contributed by atoms with Crippen LogP contribution >= 0.6 is 11.6 Å². The molecule has 1 N–H and O–H groups in total. The number of carbonyl (C=O) groups excluding carboxylic acids is 1. The fourth-order valence-electron chi connectivity index (χ4n) is 3.99. The molecule has 1 aliphatic heterocycles. The van der Waals surface area contributed by atoms with Gasteiger partial charge in [-0.25, -0.2) is 0 Å². The van der Waals surface area contributed by atoms with Crippen LogP contribution in [-0.2, 0) is 16.8 Å². The van der Waals surface area contributed by atoms with Crippen LogP contribution in [-0.4, -0.2) is 55.0 Å². The van der Waals surface area contributed by atoms with E-state index in [9.17, 15) is 4.79 Å². The van der Waals surface area contributed by atoms with Gasteiger partial charge in [-0.1, -0.05) is 54.1 Å². The minimum absolute atomic E-state index is 0.147. The van der Waals surface area contributed by atoms with E-state index in [-0.39, 0.29) is 11.3 Å². The number of carbonyl (C=O) groups is 1. The lowest BCUT2D eigenvalue weighted by molar-refractivity contribution is -0.122. The second-order valence-electron chi connectivity index (χ2n) is 8.10.